The van der Waals surface area contributed by atoms with E-state index in [2.05, 4.69) is 91.9 Å². The van der Waals surface area contributed by atoms with E-state index < -0.39 is 0 Å². The van der Waals surface area contributed by atoms with Gasteiger partial charge in [-0.1, -0.05) is 72.8 Å². The number of allylic oxidation sites excluding steroid dienone is 1. The molecule has 0 unspecified atom stereocenters. The van der Waals surface area contributed by atoms with Crippen LogP contribution in [0, 0.1) is 12.8 Å². The fourth-order valence-corrected chi connectivity index (χ4v) is 3.85. The smallest absolute Gasteiger partial charge is 0.0572 e. The number of benzene rings is 4. The second-order valence-electron chi connectivity index (χ2n) is 6.51. The Morgan fingerprint density at radius 2 is 1.38 bits per heavy atom. The lowest BCUT2D eigenvalue weighted by atomic mass is 9.85. The number of hydrogen-bond donors (Lipinski definition) is 0. The number of hydrogen-bond acceptors (Lipinski definition) is 0. The van der Waals surface area contributed by atoms with Crippen LogP contribution < -0.4 is 0 Å². The van der Waals surface area contributed by atoms with Gasteiger partial charge in [0.05, 0.1) is 5.92 Å². The maximum absolute atomic E-state index is 2.34. The van der Waals surface area contributed by atoms with E-state index >= 15 is 0 Å². The Morgan fingerprint density at radius 1 is 0.625 bits per heavy atom. The Labute approximate surface area is 142 Å². The van der Waals surface area contributed by atoms with Crippen molar-refractivity contribution in [2.45, 2.75) is 6.92 Å². The van der Waals surface area contributed by atoms with Gasteiger partial charge < -0.3 is 0 Å². The first-order valence-electron chi connectivity index (χ1n) is 8.38. The summed E-state index contributed by atoms with van der Waals surface area (Å²) in [6.45, 7) is 2.21. The monoisotopic (exact) mass is 305 g/mol. The molecule has 0 heteroatoms. The van der Waals surface area contributed by atoms with E-state index in [-0.39, 0.29) is 0 Å². The van der Waals surface area contributed by atoms with Crippen molar-refractivity contribution in [2.75, 3.05) is 0 Å². The average Bonchev–Trinajstić information content (AvgIpc) is 3.04. The lowest BCUT2D eigenvalue weighted by Gasteiger charge is -2.17. The Hall–Kier alpha value is -2.86. The number of aryl methyl sites for hydroxylation is 1. The topological polar surface area (TPSA) is 0 Å². The van der Waals surface area contributed by atoms with Crippen LogP contribution in [0.1, 0.15) is 22.3 Å². The van der Waals surface area contributed by atoms with Crippen LogP contribution in [0.15, 0.2) is 78.9 Å². The summed E-state index contributed by atoms with van der Waals surface area (Å²) in [4.78, 5) is 0. The van der Waals surface area contributed by atoms with Crippen LogP contribution in [0.25, 0.3) is 27.6 Å². The average molecular weight is 305 g/mol. The van der Waals surface area contributed by atoms with Gasteiger partial charge >= 0.3 is 0 Å². The summed E-state index contributed by atoms with van der Waals surface area (Å²) >= 11 is 0. The third-order valence-corrected chi connectivity index (χ3v) is 5.04. The van der Waals surface area contributed by atoms with Gasteiger partial charge in [-0.05, 0) is 62.9 Å². The van der Waals surface area contributed by atoms with Crippen molar-refractivity contribution in [1.29, 1.82) is 0 Å². The van der Waals surface area contributed by atoms with Gasteiger partial charge in [-0.15, -0.1) is 0 Å². The molecule has 4 aromatic carbocycles. The van der Waals surface area contributed by atoms with Gasteiger partial charge in [0, 0.05) is 0 Å². The maximum Gasteiger partial charge on any atom is 0.0572 e. The Kier molecular flexibility index (Phi) is 2.87. The van der Waals surface area contributed by atoms with E-state index in [0.717, 1.165) is 0 Å². The zero-order chi connectivity index (χ0) is 16.1. The minimum absolute atomic E-state index is 1.30. The summed E-state index contributed by atoms with van der Waals surface area (Å²) < 4.78 is 0. The molecule has 0 saturated heterocycles. The van der Waals surface area contributed by atoms with Crippen LogP contribution >= 0.6 is 0 Å². The molecule has 1 aliphatic rings. The van der Waals surface area contributed by atoms with Crippen molar-refractivity contribution in [1.82, 2.24) is 0 Å². The molecule has 0 heterocycles. The zero-order valence-electron chi connectivity index (χ0n) is 13.6. The summed E-state index contributed by atoms with van der Waals surface area (Å²) in [6, 6.07) is 26.4. The number of fused-ring (bicyclic) bond motifs is 3. The maximum atomic E-state index is 2.34. The molecule has 24 heavy (non-hydrogen) atoms. The third kappa shape index (κ3) is 1.93. The SMILES string of the molecule is Cc1ccc2cc3ccccc3cc2c1[C]1C=Cc2ccccc21. The van der Waals surface area contributed by atoms with Crippen molar-refractivity contribution < 1.29 is 0 Å². The lowest BCUT2D eigenvalue weighted by Crippen LogP contribution is -2.01. The molecule has 4 aromatic rings. The highest BCUT2D eigenvalue weighted by Gasteiger charge is 2.23. The Balaban J connectivity index is 1.84. The Bertz CT molecular complexity index is 1120. The van der Waals surface area contributed by atoms with E-state index in [1.54, 1.807) is 0 Å². The van der Waals surface area contributed by atoms with Crippen LogP contribution in [-0.4, -0.2) is 0 Å². The standard InChI is InChI=1S/C24H17/c1-16-10-11-20-14-18-7-2-3-8-19(18)15-23(20)24(16)22-13-12-17-6-4-5-9-21(17)22/h2-15H,1H3. The van der Waals surface area contributed by atoms with Gasteiger partial charge in [0.2, 0.25) is 0 Å². The van der Waals surface area contributed by atoms with Crippen molar-refractivity contribution in [3.05, 3.63) is 107 Å². The summed E-state index contributed by atoms with van der Waals surface area (Å²) in [6.07, 6.45) is 4.49. The van der Waals surface area contributed by atoms with Crippen molar-refractivity contribution in [2.24, 2.45) is 0 Å². The van der Waals surface area contributed by atoms with Gasteiger partial charge in [-0.2, -0.15) is 0 Å². The van der Waals surface area contributed by atoms with E-state index in [4.69, 9.17) is 0 Å². The lowest BCUT2D eigenvalue weighted by molar-refractivity contribution is 1.29. The molecular weight excluding hydrogens is 288 g/mol. The normalized spacial score (nSPS) is 13.7. The molecule has 0 atom stereocenters. The predicted octanol–water partition coefficient (Wildman–Crippen LogP) is 6.30. The Morgan fingerprint density at radius 3 is 2.25 bits per heavy atom. The second kappa shape index (κ2) is 5.07. The fourth-order valence-electron chi connectivity index (χ4n) is 3.85. The fraction of sp³-hybridized carbons (Fsp3) is 0.0417. The highest BCUT2D eigenvalue weighted by Crippen LogP contribution is 2.40. The molecular formula is C24H17. The van der Waals surface area contributed by atoms with E-state index in [9.17, 15) is 0 Å². The van der Waals surface area contributed by atoms with Crippen LogP contribution in [0.3, 0.4) is 0 Å². The molecule has 0 saturated carbocycles. The summed E-state index contributed by atoms with van der Waals surface area (Å²) in [5, 5.41) is 5.24. The molecule has 0 spiro atoms. The van der Waals surface area contributed by atoms with Gasteiger partial charge in [0.1, 0.15) is 0 Å². The molecule has 0 nitrogen and oxygen atoms in total. The second-order valence-corrected chi connectivity index (χ2v) is 6.51. The first-order chi connectivity index (χ1) is 11.8. The largest absolute Gasteiger partial charge is 0.0674 e. The predicted molar refractivity (Wildman–Crippen MR) is 103 cm³/mol. The first kappa shape index (κ1) is 13.6. The van der Waals surface area contributed by atoms with Crippen LogP contribution in [-0.2, 0) is 0 Å². The van der Waals surface area contributed by atoms with E-state index in [1.165, 1.54) is 49.7 Å². The van der Waals surface area contributed by atoms with E-state index in [1.807, 2.05) is 0 Å². The molecule has 0 amide bonds. The van der Waals surface area contributed by atoms with Crippen molar-refractivity contribution in [3.63, 3.8) is 0 Å². The molecule has 0 N–H and O–H groups in total. The van der Waals surface area contributed by atoms with Gasteiger partial charge in [-0.3, -0.25) is 0 Å². The molecule has 0 fully saturated rings. The minimum Gasteiger partial charge on any atom is -0.0674 e. The van der Waals surface area contributed by atoms with Gasteiger partial charge in [0.25, 0.3) is 0 Å². The van der Waals surface area contributed by atoms with E-state index in [0.29, 0.717) is 0 Å². The molecule has 0 aliphatic heterocycles. The van der Waals surface area contributed by atoms with Crippen LogP contribution in [0.2, 0.25) is 0 Å². The summed E-state index contributed by atoms with van der Waals surface area (Å²) in [7, 11) is 0. The highest BCUT2D eigenvalue weighted by molar-refractivity contribution is 6.02. The van der Waals surface area contributed by atoms with Crippen molar-refractivity contribution in [3.8, 4) is 0 Å². The molecule has 5 rings (SSSR count). The molecule has 0 aromatic heterocycles. The number of rotatable bonds is 1. The zero-order valence-corrected chi connectivity index (χ0v) is 13.6. The molecule has 0 bridgehead atoms. The highest BCUT2D eigenvalue weighted by atomic mass is 14.3. The van der Waals surface area contributed by atoms with Crippen molar-refractivity contribution >= 4 is 27.6 Å². The molecule has 1 aliphatic carbocycles. The minimum atomic E-state index is 1.30. The quantitative estimate of drug-likeness (QED) is 0.362. The summed E-state index contributed by atoms with van der Waals surface area (Å²) in [5.74, 6) is 1.34. The molecule has 113 valence electrons. The van der Waals surface area contributed by atoms with Gasteiger partial charge in [-0.25, -0.2) is 0 Å². The first-order valence-corrected chi connectivity index (χ1v) is 8.38. The third-order valence-electron chi connectivity index (χ3n) is 5.04. The molecule has 1 radical (unpaired) electrons. The van der Waals surface area contributed by atoms with Crippen LogP contribution in [0.5, 0.6) is 0 Å². The summed E-state index contributed by atoms with van der Waals surface area (Å²) in [5.41, 5.74) is 5.33. The van der Waals surface area contributed by atoms with Crippen LogP contribution in [0.4, 0.5) is 0 Å². The van der Waals surface area contributed by atoms with Gasteiger partial charge in [0.15, 0.2) is 0 Å².